The number of halogens is 1. The quantitative estimate of drug-likeness (QED) is 0.355. The number of nitrogens with zero attached hydrogens (tertiary/aromatic N) is 2. The van der Waals surface area contributed by atoms with E-state index in [2.05, 4.69) is 24.5 Å². The molecule has 8 nitrogen and oxygen atoms in total. The topological polar surface area (TPSA) is 102 Å². The number of amides is 2. The molecule has 0 aliphatic carbocycles. The smallest absolute Gasteiger partial charge is 0.336 e. The summed E-state index contributed by atoms with van der Waals surface area (Å²) in [6, 6.07) is 18.5. The first-order chi connectivity index (χ1) is 18.2. The molecule has 0 saturated carbocycles. The highest BCUT2D eigenvalue weighted by Gasteiger charge is 2.17. The molecule has 0 aliphatic rings. The van der Waals surface area contributed by atoms with Crippen molar-refractivity contribution in [1.82, 2.24) is 14.5 Å². The lowest BCUT2D eigenvalue weighted by Gasteiger charge is -2.14. The molecule has 0 saturated heterocycles. The van der Waals surface area contributed by atoms with Crippen LogP contribution in [0.15, 0.2) is 82.4 Å². The van der Waals surface area contributed by atoms with Crippen molar-refractivity contribution in [2.45, 2.75) is 33.2 Å². The van der Waals surface area contributed by atoms with Gasteiger partial charge >= 0.3 is 5.69 Å². The number of aromatic nitrogens is 2. The highest BCUT2D eigenvalue weighted by molar-refractivity contribution is 5.91. The average molecular weight is 517 g/mol. The van der Waals surface area contributed by atoms with Gasteiger partial charge in [0.1, 0.15) is 12.4 Å². The van der Waals surface area contributed by atoms with Crippen LogP contribution in [0.3, 0.4) is 0 Å². The minimum Gasteiger partial charge on any atom is -0.356 e. The molecular formula is C29H29FN4O4. The zero-order valence-electron chi connectivity index (χ0n) is 21.2. The van der Waals surface area contributed by atoms with Crippen molar-refractivity contribution in [1.29, 1.82) is 0 Å². The molecule has 4 rings (SSSR count). The van der Waals surface area contributed by atoms with Crippen LogP contribution in [-0.4, -0.2) is 27.5 Å². The molecule has 2 N–H and O–H groups in total. The Bertz CT molecular complexity index is 1570. The van der Waals surface area contributed by atoms with Crippen LogP contribution in [0.2, 0.25) is 0 Å². The lowest BCUT2D eigenvalue weighted by Crippen LogP contribution is -2.40. The van der Waals surface area contributed by atoms with E-state index < -0.39 is 23.0 Å². The standard InChI is InChI=1S/C29H29FN4O4/c1-19(2)15-16-31-26(35)17-20-7-13-23(14-8-20)34-28(37)24-5-3-4-6-25(24)33(29(34)38)18-27(36)32-22-11-9-21(30)10-12-22/h3-14,19H,15-18H2,1-2H3,(H,31,35)(H,32,36). The summed E-state index contributed by atoms with van der Waals surface area (Å²) in [5.41, 5.74) is 0.571. The molecule has 4 aromatic rings. The summed E-state index contributed by atoms with van der Waals surface area (Å²) in [7, 11) is 0. The third-order valence-electron chi connectivity index (χ3n) is 6.08. The van der Waals surface area contributed by atoms with Crippen LogP contribution < -0.4 is 21.9 Å². The normalized spacial score (nSPS) is 11.1. The Labute approximate surface area is 218 Å². The number of hydrogen-bond donors (Lipinski definition) is 2. The molecule has 0 aliphatic heterocycles. The molecule has 0 bridgehead atoms. The minimum absolute atomic E-state index is 0.101. The van der Waals surface area contributed by atoms with Crippen LogP contribution in [0.1, 0.15) is 25.8 Å². The van der Waals surface area contributed by atoms with E-state index in [0.29, 0.717) is 29.4 Å². The Morgan fingerprint density at radius 1 is 0.895 bits per heavy atom. The van der Waals surface area contributed by atoms with Crippen LogP contribution in [0.5, 0.6) is 0 Å². The Kier molecular flexibility index (Phi) is 8.15. The van der Waals surface area contributed by atoms with Gasteiger partial charge in [0.15, 0.2) is 0 Å². The molecule has 0 atom stereocenters. The van der Waals surface area contributed by atoms with Crippen molar-refractivity contribution in [3.8, 4) is 5.69 Å². The van der Waals surface area contributed by atoms with E-state index in [9.17, 15) is 23.6 Å². The fourth-order valence-corrected chi connectivity index (χ4v) is 4.09. The molecule has 3 aromatic carbocycles. The number of anilines is 1. The summed E-state index contributed by atoms with van der Waals surface area (Å²) < 4.78 is 15.4. The summed E-state index contributed by atoms with van der Waals surface area (Å²) >= 11 is 0. The monoisotopic (exact) mass is 516 g/mol. The lowest BCUT2D eigenvalue weighted by atomic mass is 10.1. The molecule has 0 radical (unpaired) electrons. The van der Waals surface area contributed by atoms with Crippen molar-refractivity contribution < 1.29 is 14.0 Å². The van der Waals surface area contributed by atoms with Gasteiger partial charge in [-0.2, -0.15) is 0 Å². The van der Waals surface area contributed by atoms with E-state index in [-0.39, 0.29) is 24.3 Å². The second-order valence-corrected chi connectivity index (χ2v) is 9.46. The molecule has 38 heavy (non-hydrogen) atoms. The number of hydrogen-bond acceptors (Lipinski definition) is 4. The number of para-hydroxylation sites is 1. The zero-order valence-corrected chi connectivity index (χ0v) is 21.2. The lowest BCUT2D eigenvalue weighted by molar-refractivity contribution is -0.120. The van der Waals surface area contributed by atoms with Crippen LogP contribution >= 0.6 is 0 Å². The minimum atomic E-state index is -0.679. The van der Waals surface area contributed by atoms with Gasteiger partial charge in [0.05, 0.1) is 23.0 Å². The number of fused-ring (bicyclic) bond motifs is 1. The molecule has 0 unspecified atom stereocenters. The predicted octanol–water partition coefficient (Wildman–Crippen LogP) is 3.64. The molecule has 0 fully saturated rings. The summed E-state index contributed by atoms with van der Waals surface area (Å²) in [6.45, 7) is 4.43. The molecular weight excluding hydrogens is 487 g/mol. The fraction of sp³-hybridized carbons (Fsp3) is 0.241. The Morgan fingerprint density at radius 2 is 1.58 bits per heavy atom. The molecule has 0 spiro atoms. The highest BCUT2D eigenvalue weighted by Crippen LogP contribution is 2.13. The van der Waals surface area contributed by atoms with Crippen molar-refractivity contribution in [2.24, 2.45) is 5.92 Å². The van der Waals surface area contributed by atoms with Crippen LogP contribution in [-0.2, 0) is 22.6 Å². The van der Waals surface area contributed by atoms with Crippen molar-refractivity contribution in [2.75, 3.05) is 11.9 Å². The first-order valence-electron chi connectivity index (χ1n) is 12.4. The number of rotatable bonds is 9. The third-order valence-corrected chi connectivity index (χ3v) is 6.08. The van der Waals surface area contributed by atoms with Crippen molar-refractivity contribution in [3.05, 3.63) is 105 Å². The number of benzene rings is 3. The van der Waals surface area contributed by atoms with Crippen LogP contribution in [0.25, 0.3) is 16.6 Å². The van der Waals surface area contributed by atoms with Gasteiger partial charge in [-0.05, 0) is 66.4 Å². The predicted molar refractivity (Wildman–Crippen MR) is 145 cm³/mol. The van der Waals surface area contributed by atoms with Gasteiger partial charge in [0.2, 0.25) is 11.8 Å². The third kappa shape index (κ3) is 6.23. The number of nitrogens with one attached hydrogen (secondary N) is 2. The molecule has 9 heteroatoms. The molecule has 1 aromatic heterocycles. The highest BCUT2D eigenvalue weighted by atomic mass is 19.1. The van der Waals surface area contributed by atoms with E-state index in [1.54, 1.807) is 48.5 Å². The van der Waals surface area contributed by atoms with Gasteiger partial charge in [0.25, 0.3) is 5.56 Å². The SMILES string of the molecule is CC(C)CCNC(=O)Cc1ccc(-n2c(=O)c3ccccc3n(CC(=O)Nc3ccc(F)cc3)c2=O)cc1. The van der Waals surface area contributed by atoms with Gasteiger partial charge in [0, 0.05) is 12.2 Å². The molecule has 196 valence electrons. The zero-order chi connectivity index (χ0) is 27.2. The van der Waals surface area contributed by atoms with Gasteiger partial charge < -0.3 is 10.6 Å². The first kappa shape index (κ1) is 26.5. The van der Waals surface area contributed by atoms with Gasteiger partial charge in [-0.1, -0.05) is 38.1 Å². The largest absolute Gasteiger partial charge is 0.356 e. The van der Waals surface area contributed by atoms with Gasteiger partial charge in [-0.3, -0.25) is 19.0 Å². The van der Waals surface area contributed by atoms with Crippen LogP contribution in [0, 0.1) is 11.7 Å². The van der Waals surface area contributed by atoms with Crippen molar-refractivity contribution >= 4 is 28.4 Å². The number of carbonyl (C=O) groups is 2. The second-order valence-electron chi connectivity index (χ2n) is 9.46. The Hall–Kier alpha value is -4.53. The maximum Gasteiger partial charge on any atom is 0.336 e. The maximum absolute atomic E-state index is 13.5. The summed E-state index contributed by atoms with van der Waals surface area (Å²) in [4.78, 5) is 51.8. The summed E-state index contributed by atoms with van der Waals surface area (Å²) in [5.74, 6) is -0.549. The second kappa shape index (κ2) is 11.7. The van der Waals surface area contributed by atoms with E-state index in [1.807, 2.05) is 0 Å². The Morgan fingerprint density at radius 3 is 2.26 bits per heavy atom. The van der Waals surface area contributed by atoms with E-state index in [1.165, 1.54) is 28.8 Å². The molecule has 1 heterocycles. The Balaban J connectivity index is 1.62. The van der Waals surface area contributed by atoms with E-state index in [0.717, 1.165) is 16.6 Å². The summed E-state index contributed by atoms with van der Waals surface area (Å²) in [6.07, 6.45) is 1.07. The van der Waals surface area contributed by atoms with Gasteiger partial charge in [-0.15, -0.1) is 0 Å². The van der Waals surface area contributed by atoms with E-state index >= 15 is 0 Å². The summed E-state index contributed by atoms with van der Waals surface area (Å²) in [5, 5.41) is 5.80. The van der Waals surface area contributed by atoms with Gasteiger partial charge in [-0.25, -0.2) is 13.8 Å². The average Bonchev–Trinajstić information content (AvgIpc) is 2.89. The first-order valence-corrected chi connectivity index (χ1v) is 12.4. The molecule has 2 amide bonds. The van der Waals surface area contributed by atoms with Crippen molar-refractivity contribution in [3.63, 3.8) is 0 Å². The fourth-order valence-electron chi connectivity index (χ4n) is 4.09. The number of carbonyl (C=O) groups excluding carboxylic acids is 2. The maximum atomic E-state index is 13.5. The van der Waals surface area contributed by atoms with Crippen LogP contribution in [0.4, 0.5) is 10.1 Å². The van der Waals surface area contributed by atoms with E-state index in [4.69, 9.17) is 0 Å².